The Kier molecular flexibility index (Phi) is 6.74. The fraction of sp³-hybridized carbons (Fsp3) is 0.368. The topological polar surface area (TPSA) is 92.5 Å². The molecule has 0 aliphatic heterocycles. The van der Waals surface area contributed by atoms with Crippen molar-refractivity contribution in [1.82, 2.24) is 0 Å². The van der Waals surface area contributed by atoms with Gasteiger partial charge in [0.15, 0.2) is 0 Å². The van der Waals surface area contributed by atoms with Crippen LogP contribution in [-0.4, -0.2) is 35.0 Å². The van der Waals surface area contributed by atoms with E-state index in [1.807, 2.05) is 60.7 Å². The SMILES string of the molecule is N[C@H](Cc1ccccc1)[C@@H](CO)[C@@H](O)[C@@H](N)Cc1ccccc1. The minimum absolute atomic E-state index is 0.183. The van der Waals surface area contributed by atoms with E-state index < -0.39 is 18.1 Å². The summed E-state index contributed by atoms with van der Waals surface area (Å²) in [5.74, 6) is -0.450. The zero-order chi connectivity index (χ0) is 16.7. The lowest BCUT2D eigenvalue weighted by Crippen LogP contribution is -2.50. The van der Waals surface area contributed by atoms with Gasteiger partial charge in [-0.3, -0.25) is 0 Å². The van der Waals surface area contributed by atoms with Gasteiger partial charge in [0, 0.05) is 24.6 Å². The number of aliphatic hydroxyl groups excluding tert-OH is 2. The van der Waals surface area contributed by atoms with Gasteiger partial charge >= 0.3 is 0 Å². The monoisotopic (exact) mass is 314 g/mol. The highest BCUT2D eigenvalue weighted by atomic mass is 16.3. The molecule has 0 saturated heterocycles. The van der Waals surface area contributed by atoms with Gasteiger partial charge in [0.25, 0.3) is 0 Å². The molecular formula is C19H26N2O2. The molecule has 0 aliphatic carbocycles. The van der Waals surface area contributed by atoms with Crippen molar-refractivity contribution in [3.63, 3.8) is 0 Å². The van der Waals surface area contributed by atoms with Crippen LogP contribution in [0.5, 0.6) is 0 Å². The fourth-order valence-corrected chi connectivity index (χ4v) is 2.86. The Balaban J connectivity index is 1.98. The second-order valence-electron chi connectivity index (χ2n) is 6.04. The van der Waals surface area contributed by atoms with Crippen LogP contribution in [0, 0.1) is 5.92 Å². The van der Waals surface area contributed by atoms with Gasteiger partial charge in [0.1, 0.15) is 0 Å². The van der Waals surface area contributed by atoms with Gasteiger partial charge in [0.2, 0.25) is 0 Å². The van der Waals surface area contributed by atoms with E-state index in [4.69, 9.17) is 11.5 Å². The van der Waals surface area contributed by atoms with Crippen molar-refractivity contribution in [3.8, 4) is 0 Å². The molecule has 23 heavy (non-hydrogen) atoms. The zero-order valence-corrected chi connectivity index (χ0v) is 13.3. The minimum Gasteiger partial charge on any atom is -0.396 e. The molecule has 0 heterocycles. The number of hydrogen-bond donors (Lipinski definition) is 4. The highest BCUT2D eigenvalue weighted by Crippen LogP contribution is 2.17. The number of nitrogens with two attached hydrogens (primary N) is 2. The first-order chi connectivity index (χ1) is 11.1. The molecule has 2 rings (SSSR count). The molecule has 4 atom stereocenters. The molecule has 0 spiro atoms. The maximum Gasteiger partial charge on any atom is 0.0759 e. The average molecular weight is 314 g/mol. The summed E-state index contributed by atoms with van der Waals surface area (Å²) in [6.07, 6.45) is 0.302. The number of hydrogen-bond acceptors (Lipinski definition) is 4. The van der Waals surface area contributed by atoms with E-state index in [2.05, 4.69) is 0 Å². The predicted octanol–water partition coefficient (Wildman–Crippen LogP) is 1.10. The summed E-state index contributed by atoms with van der Waals surface area (Å²) in [7, 11) is 0. The van der Waals surface area contributed by atoms with Crippen molar-refractivity contribution in [1.29, 1.82) is 0 Å². The van der Waals surface area contributed by atoms with Gasteiger partial charge in [0.05, 0.1) is 6.10 Å². The van der Waals surface area contributed by atoms with Crippen LogP contribution in [0.4, 0.5) is 0 Å². The van der Waals surface area contributed by atoms with E-state index in [-0.39, 0.29) is 12.6 Å². The highest BCUT2D eigenvalue weighted by Gasteiger charge is 2.29. The third kappa shape index (κ3) is 5.15. The Hall–Kier alpha value is -1.72. The van der Waals surface area contributed by atoms with Crippen LogP contribution in [-0.2, 0) is 12.8 Å². The Morgan fingerprint density at radius 3 is 1.61 bits per heavy atom. The summed E-state index contributed by atoms with van der Waals surface area (Å²) in [6.45, 7) is -0.183. The molecule has 0 aliphatic rings. The molecule has 0 fully saturated rings. The van der Waals surface area contributed by atoms with Crippen LogP contribution < -0.4 is 11.5 Å². The van der Waals surface area contributed by atoms with E-state index >= 15 is 0 Å². The van der Waals surface area contributed by atoms with Gasteiger partial charge in [-0.25, -0.2) is 0 Å². The van der Waals surface area contributed by atoms with E-state index in [0.29, 0.717) is 12.8 Å². The van der Waals surface area contributed by atoms with Gasteiger partial charge < -0.3 is 21.7 Å². The van der Waals surface area contributed by atoms with Crippen molar-refractivity contribution in [2.24, 2.45) is 17.4 Å². The van der Waals surface area contributed by atoms with Crippen molar-refractivity contribution in [3.05, 3.63) is 71.8 Å². The van der Waals surface area contributed by atoms with E-state index in [1.165, 1.54) is 0 Å². The van der Waals surface area contributed by atoms with Gasteiger partial charge in [-0.1, -0.05) is 60.7 Å². The first-order valence-corrected chi connectivity index (χ1v) is 7.99. The van der Waals surface area contributed by atoms with Gasteiger partial charge in [-0.15, -0.1) is 0 Å². The average Bonchev–Trinajstić information content (AvgIpc) is 2.57. The van der Waals surface area contributed by atoms with Gasteiger partial charge in [-0.05, 0) is 24.0 Å². The Morgan fingerprint density at radius 1 is 0.739 bits per heavy atom. The van der Waals surface area contributed by atoms with Crippen LogP contribution in [0.1, 0.15) is 11.1 Å². The Labute approximate surface area is 137 Å². The molecule has 2 aromatic rings. The van der Waals surface area contributed by atoms with Crippen molar-refractivity contribution in [2.75, 3.05) is 6.61 Å². The van der Waals surface area contributed by atoms with Crippen molar-refractivity contribution >= 4 is 0 Å². The maximum atomic E-state index is 10.5. The smallest absolute Gasteiger partial charge is 0.0759 e. The molecule has 0 aromatic heterocycles. The molecule has 0 saturated carbocycles. The highest BCUT2D eigenvalue weighted by molar-refractivity contribution is 5.18. The number of aliphatic hydroxyl groups is 2. The van der Waals surface area contributed by atoms with E-state index in [1.54, 1.807) is 0 Å². The summed E-state index contributed by atoms with van der Waals surface area (Å²) < 4.78 is 0. The summed E-state index contributed by atoms with van der Waals surface area (Å²) >= 11 is 0. The van der Waals surface area contributed by atoms with Crippen LogP contribution >= 0.6 is 0 Å². The van der Waals surface area contributed by atoms with Crippen LogP contribution in [0.25, 0.3) is 0 Å². The lowest BCUT2D eigenvalue weighted by atomic mass is 9.85. The summed E-state index contributed by atoms with van der Waals surface area (Å²) in [5, 5.41) is 20.2. The zero-order valence-electron chi connectivity index (χ0n) is 13.3. The standard InChI is InChI=1S/C19H26N2O2/c20-17(11-14-7-3-1-4-8-14)16(13-22)19(23)18(21)12-15-9-5-2-6-10-15/h1-10,16-19,22-23H,11-13,20-21H2/t16-,17-,18+,19-/m1/s1. The van der Waals surface area contributed by atoms with Gasteiger partial charge in [-0.2, -0.15) is 0 Å². The summed E-state index contributed by atoms with van der Waals surface area (Å²) in [6, 6.07) is 18.8. The molecule has 6 N–H and O–H groups in total. The predicted molar refractivity (Wildman–Crippen MR) is 92.8 cm³/mol. The lowest BCUT2D eigenvalue weighted by Gasteiger charge is -2.30. The molecule has 0 unspecified atom stereocenters. The van der Waals surface area contributed by atoms with Crippen molar-refractivity contribution in [2.45, 2.75) is 31.0 Å². The lowest BCUT2D eigenvalue weighted by molar-refractivity contribution is 0.0346. The van der Waals surface area contributed by atoms with Crippen LogP contribution in [0.2, 0.25) is 0 Å². The first-order valence-electron chi connectivity index (χ1n) is 7.99. The number of benzene rings is 2. The molecule has 0 bridgehead atoms. The van der Waals surface area contributed by atoms with Crippen LogP contribution in [0.15, 0.2) is 60.7 Å². The Bertz CT molecular complexity index is 562. The molecule has 4 nitrogen and oxygen atoms in total. The fourth-order valence-electron chi connectivity index (χ4n) is 2.86. The maximum absolute atomic E-state index is 10.5. The van der Waals surface area contributed by atoms with Crippen molar-refractivity contribution < 1.29 is 10.2 Å². The molecule has 4 heteroatoms. The largest absolute Gasteiger partial charge is 0.396 e. The minimum atomic E-state index is -0.848. The molecule has 0 amide bonds. The second kappa shape index (κ2) is 8.79. The third-order valence-corrected chi connectivity index (χ3v) is 4.27. The van der Waals surface area contributed by atoms with Crippen LogP contribution in [0.3, 0.4) is 0 Å². The Morgan fingerprint density at radius 2 is 1.17 bits per heavy atom. The molecule has 124 valence electrons. The quantitative estimate of drug-likeness (QED) is 0.587. The van der Waals surface area contributed by atoms with E-state index in [9.17, 15) is 10.2 Å². The summed E-state index contributed by atoms with van der Waals surface area (Å²) in [4.78, 5) is 0. The molecule has 0 radical (unpaired) electrons. The first kappa shape index (κ1) is 17.6. The normalized spacial score (nSPS) is 16.5. The molecule has 2 aromatic carbocycles. The summed E-state index contributed by atoms with van der Waals surface area (Å²) in [5.41, 5.74) is 14.5. The number of rotatable bonds is 8. The molecular weight excluding hydrogens is 288 g/mol. The second-order valence-corrected chi connectivity index (χ2v) is 6.04. The van der Waals surface area contributed by atoms with E-state index in [0.717, 1.165) is 11.1 Å². The third-order valence-electron chi connectivity index (χ3n) is 4.27.